The normalized spacial score (nSPS) is 14.8. The number of imide groups is 1. The van der Waals surface area contributed by atoms with Gasteiger partial charge in [-0.25, -0.2) is 9.59 Å². The summed E-state index contributed by atoms with van der Waals surface area (Å²) in [6.45, 7) is 1.71. The Labute approximate surface area is 167 Å². The van der Waals surface area contributed by atoms with E-state index in [1.807, 2.05) is 30.3 Å². The van der Waals surface area contributed by atoms with Crippen LogP contribution in [0.15, 0.2) is 54.2 Å². The van der Waals surface area contributed by atoms with Crippen molar-refractivity contribution in [2.75, 3.05) is 13.2 Å². The number of hydrogen-bond acceptors (Lipinski definition) is 5. The van der Waals surface area contributed by atoms with E-state index >= 15 is 0 Å². The second-order valence-corrected chi connectivity index (χ2v) is 6.15. The zero-order valence-electron chi connectivity index (χ0n) is 15.8. The first-order chi connectivity index (χ1) is 14.0. The van der Waals surface area contributed by atoms with E-state index in [4.69, 9.17) is 14.6 Å². The molecule has 0 bridgehead atoms. The van der Waals surface area contributed by atoms with E-state index in [1.54, 1.807) is 25.1 Å². The first kappa shape index (κ1) is 19.9. The number of carboxylic acids is 1. The molecule has 2 N–H and O–H groups in total. The fourth-order valence-corrected chi connectivity index (χ4v) is 2.84. The molecule has 1 heterocycles. The van der Waals surface area contributed by atoms with E-state index in [0.717, 1.165) is 10.5 Å². The third-order valence-corrected chi connectivity index (χ3v) is 4.09. The number of amides is 3. The van der Waals surface area contributed by atoms with Crippen LogP contribution in [0.2, 0.25) is 0 Å². The average Bonchev–Trinajstić information content (AvgIpc) is 2.96. The van der Waals surface area contributed by atoms with Crippen molar-refractivity contribution in [1.29, 1.82) is 0 Å². The molecule has 150 valence electrons. The number of benzene rings is 2. The molecule has 8 heteroatoms. The number of hydrogen-bond donors (Lipinski definition) is 2. The molecule has 1 fully saturated rings. The maximum absolute atomic E-state index is 12.7. The Balaban J connectivity index is 1.89. The van der Waals surface area contributed by atoms with Crippen molar-refractivity contribution in [2.24, 2.45) is 0 Å². The minimum absolute atomic E-state index is 0.0692. The zero-order valence-corrected chi connectivity index (χ0v) is 15.8. The molecular weight excluding hydrogens is 376 g/mol. The number of nitrogens with zero attached hydrogens (tertiary/aromatic N) is 1. The average molecular weight is 396 g/mol. The number of carboxylic acid groups (broad SMARTS) is 1. The molecule has 0 spiro atoms. The molecule has 29 heavy (non-hydrogen) atoms. The van der Waals surface area contributed by atoms with Gasteiger partial charge in [-0.1, -0.05) is 42.5 Å². The summed E-state index contributed by atoms with van der Waals surface area (Å²) in [6.07, 6.45) is 1.45. The van der Waals surface area contributed by atoms with E-state index < -0.39 is 24.5 Å². The summed E-state index contributed by atoms with van der Waals surface area (Å²) in [6, 6.07) is 13.6. The predicted octanol–water partition coefficient (Wildman–Crippen LogP) is 2.64. The maximum atomic E-state index is 12.7. The lowest BCUT2D eigenvalue weighted by Gasteiger charge is -2.13. The highest BCUT2D eigenvalue weighted by atomic mass is 16.5. The second kappa shape index (κ2) is 8.92. The molecule has 0 radical (unpaired) electrons. The molecule has 0 atom stereocenters. The summed E-state index contributed by atoms with van der Waals surface area (Å²) in [7, 11) is 0. The molecule has 0 saturated carbocycles. The lowest BCUT2D eigenvalue weighted by Crippen LogP contribution is -2.30. The summed E-state index contributed by atoms with van der Waals surface area (Å²) in [5.74, 6) is -1.09. The van der Waals surface area contributed by atoms with Crippen molar-refractivity contribution in [2.45, 2.75) is 13.5 Å². The number of carbonyl (C=O) groups excluding carboxylic acids is 2. The number of urea groups is 1. The van der Waals surface area contributed by atoms with Gasteiger partial charge in [0, 0.05) is 5.56 Å². The van der Waals surface area contributed by atoms with Crippen LogP contribution in [0, 0.1) is 0 Å². The third-order valence-electron chi connectivity index (χ3n) is 4.09. The van der Waals surface area contributed by atoms with Gasteiger partial charge in [0.1, 0.15) is 5.70 Å². The summed E-state index contributed by atoms with van der Waals surface area (Å²) in [5, 5.41) is 11.5. The summed E-state index contributed by atoms with van der Waals surface area (Å²) in [5.41, 5.74) is 1.31. The fraction of sp³-hybridized carbons (Fsp3) is 0.190. The number of nitrogens with one attached hydrogen (secondary N) is 1. The van der Waals surface area contributed by atoms with E-state index in [-0.39, 0.29) is 18.0 Å². The highest BCUT2D eigenvalue weighted by Gasteiger charge is 2.33. The Kier molecular flexibility index (Phi) is 6.13. The number of carbonyl (C=O) groups is 3. The SMILES string of the molecule is CCOc1cccc(/C=C2\NC(=O)N(Cc3ccccc3)C2=O)c1OCC(=O)O. The Hall–Kier alpha value is -3.81. The molecular formula is C21H20N2O6. The molecule has 0 unspecified atom stereocenters. The summed E-state index contributed by atoms with van der Waals surface area (Å²) < 4.78 is 10.9. The Morgan fingerprint density at radius 1 is 1.10 bits per heavy atom. The number of rotatable bonds is 8. The second-order valence-electron chi connectivity index (χ2n) is 6.15. The van der Waals surface area contributed by atoms with Crippen LogP contribution >= 0.6 is 0 Å². The fourth-order valence-electron chi connectivity index (χ4n) is 2.84. The molecule has 3 amide bonds. The van der Waals surface area contributed by atoms with Crippen LogP contribution in [-0.2, 0) is 16.1 Å². The number of ether oxygens (including phenoxy) is 2. The van der Waals surface area contributed by atoms with Gasteiger partial charge in [0.15, 0.2) is 18.1 Å². The van der Waals surface area contributed by atoms with Gasteiger partial charge in [0.25, 0.3) is 5.91 Å². The molecule has 2 aromatic carbocycles. The van der Waals surface area contributed by atoms with Gasteiger partial charge in [-0.3, -0.25) is 9.69 Å². The minimum atomic E-state index is -1.14. The Morgan fingerprint density at radius 3 is 2.55 bits per heavy atom. The van der Waals surface area contributed by atoms with Crippen molar-refractivity contribution in [1.82, 2.24) is 10.2 Å². The highest BCUT2D eigenvalue weighted by molar-refractivity contribution is 6.14. The molecule has 0 aliphatic carbocycles. The van der Waals surface area contributed by atoms with Crippen molar-refractivity contribution < 1.29 is 29.0 Å². The van der Waals surface area contributed by atoms with Crippen molar-refractivity contribution in [3.63, 3.8) is 0 Å². The summed E-state index contributed by atoms with van der Waals surface area (Å²) in [4.78, 5) is 37.0. The van der Waals surface area contributed by atoms with Crippen LogP contribution in [0.1, 0.15) is 18.1 Å². The van der Waals surface area contributed by atoms with Gasteiger partial charge in [-0.15, -0.1) is 0 Å². The van der Waals surface area contributed by atoms with Crippen LogP contribution in [0.3, 0.4) is 0 Å². The largest absolute Gasteiger partial charge is 0.490 e. The van der Waals surface area contributed by atoms with Gasteiger partial charge in [-0.05, 0) is 24.6 Å². The zero-order chi connectivity index (χ0) is 20.8. The van der Waals surface area contributed by atoms with Gasteiger partial charge in [-0.2, -0.15) is 0 Å². The van der Waals surface area contributed by atoms with Crippen molar-refractivity contribution in [3.8, 4) is 11.5 Å². The Bertz CT molecular complexity index is 955. The monoisotopic (exact) mass is 396 g/mol. The maximum Gasteiger partial charge on any atom is 0.341 e. The van der Waals surface area contributed by atoms with Crippen LogP contribution in [0.25, 0.3) is 6.08 Å². The minimum Gasteiger partial charge on any atom is -0.490 e. The highest BCUT2D eigenvalue weighted by Crippen LogP contribution is 2.33. The number of aliphatic carboxylic acids is 1. The van der Waals surface area contributed by atoms with Gasteiger partial charge in [0.05, 0.1) is 13.2 Å². The van der Waals surface area contributed by atoms with Gasteiger partial charge >= 0.3 is 12.0 Å². The molecule has 2 aromatic rings. The van der Waals surface area contributed by atoms with Crippen LogP contribution in [-0.4, -0.2) is 41.1 Å². The molecule has 1 aliphatic rings. The van der Waals surface area contributed by atoms with Gasteiger partial charge < -0.3 is 19.9 Å². The van der Waals surface area contributed by atoms with Crippen molar-refractivity contribution in [3.05, 3.63) is 65.4 Å². The van der Waals surface area contributed by atoms with E-state index in [1.165, 1.54) is 6.08 Å². The number of para-hydroxylation sites is 1. The summed E-state index contributed by atoms with van der Waals surface area (Å²) >= 11 is 0. The molecule has 0 aromatic heterocycles. The molecule has 1 saturated heterocycles. The van der Waals surface area contributed by atoms with Crippen LogP contribution in [0.5, 0.6) is 11.5 Å². The lowest BCUT2D eigenvalue weighted by molar-refractivity contribution is -0.139. The smallest absolute Gasteiger partial charge is 0.341 e. The van der Waals surface area contributed by atoms with E-state index in [2.05, 4.69) is 5.32 Å². The first-order valence-corrected chi connectivity index (χ1v) is 8.98. The quantitative estimate of drug-likeness (QED) is 0.525. The van der Waals surface area contributed by atoms with E-state index in [0.29, 0.717) is 17.9 Å². The molecule has 1 aliphatic heterocycles. The standard InChI is InChI=1S/C21H20N2O6/c1-2-28-17-10-6-9-15(19(17)29-13-18(24)25)11-16-20(26)23(21(27)22-16)12-14-7-4-3-5-8-14/h3-11H,2,12-13H2,1H3,(H,22,27)(H,24,25)/b16-11-. The van der Waals surface area contributed by atoms with Crippen LogP contribution in [0.4, 0.5) is 4.79 Å². The Morgan fingerprint density at radius 2 is 1.86 bits per heavy atom. The third kappa shape index (κ3) is 4.73. The predicted molar refractivity (Wildman–Crippen MR) is 104 cm³/mol. The lowest BCUT2D eigenvalue weighted by atomic mass is 10.1. The van der Waals surface area contributed by atoms with Crippen LogP contribution < -0.4 is 14.8 Å². The van der Waals surface area contributed by atoms with Crippen molar-refractivity contribution >= 4 is 24.0 Å². The molecule has 8 nitrogen and oxygen atoms in total. The van der Waals surface area contributed by atoms with Gasteiger partial charge in [0.2, 0.25) is 0 Å². The topological polar surface area (TPSA) is 105 Å². The molecule has 3 rings (SSSR count). The van der Waals surface area contributed by atoms with E-state index in [9.17, 15) is 14.4 Å². The first-order valence-electron chi connectivity index (χ1n) is 8.98.